The van der Waals surface area contributed by atoms with E-state index < -0.39 is 0 Å². The highest BCUT2D eigenvalue weighted by molar-refractivity contribution is 9.10. The van der Waals surface area contributed by atoms with E-state index in [0.29, 0.717) is 6.42 Å². The molecule has 0 saturated heterocycles. The highest BCUT2D eigenvalue weighted by Gasteiger charge is 2.11. The minimum absolute atomic E-state index is 0.167. The Hall–Kier alpha value is -1.33. The molecule has 1 aromatic heterocycles. The molecule has 2 aromatic rings. The molecule has 0 aliphatic heterocycles. The molecule has 5 heteroatoms. The van der Waals surface area contributed by atoms with Crippen molar-refractivity contribution in [2.75, 3.05) is 13.7 Å². The van der Waals surface area contributed by atoms with Crippen LogP contribution in [0, 0.1) is 0 Å². The van der Waals surface area contributed by atoms with E-state index in [4.69, 9.17) is 9.84 Å². The summed E-state index contributed by atoms with van der Waals surface area (Å²) in [5, 5.41) is 10.1. The molecule has 0 saturated carbocycles. The Morgan fingerprint density at radius 3 is 2.95 bits per heavy atom. The maximum absolute atomic E-state index is 11.4. The number of aryl methyl sites for hydroxylation is 1. The summed E-state index contributed by atoms with van der Waals surface area (Å²) in [6, 6.07) is 5.99. The maximum Gasteiger partial charge on any atom is 0.325 e. The van der Waals surface area contributed by atoms with Gasteiger partial charge in [0.05, 0.1) is 7.11 Å². The number of esters is 1. The minimum Gasteiger partial charge on any atom is -0.468 e. The van der Waals surface area contributed by atoms with Crippen molar-refractivity contribution in [1.82, 2.24) is 4.57 Å². The van der Waals surface area contributed by atoms with Crippen LogP contribution in [-0.4, -0.2) is 29.4 Å². The molecule has 0 atom stereocenters. The van der Waals surface area contributed by atoms with E-state index in [1.807, 2.05) is 29.0 Å². The minimum atomic E-state index is -0.273. The standard InChI is InChI=1S/C14H16BrNO3/c1-19-14(18)9-16-8-10(3-2-6-17)12-5-4-11(15)7-13(12)16/h4-5,7-8,17H,2-3,6,9H2,1H3. The third-order valence-electron chi connectivity index (χ3n) is 3.06. The topological polar surface area (TPSA) is 51.5 Å². The number of nitrogens with zero attached hydrogens (tertiary/aromatic N) is 1. The fourth-order valence-corrected chi connectivity index (χ4v) is 2.49. The van der Waals surface area contributed by atoms with Gasteiger partial charge in [0, 0.05) is 28.2 Å². The summed E-state index contributed by atoms with van der Waals surface area (Å²) in [5.74, 6) is -0.273. The number of benzene rings is 1. The van der Waals surface area contributed by atoms with E-state index in [-0.39, 0.29) is 19.1 Å². The molecule has 1 heterocycles. The van der Waals surface area contributed by atoms with Crippen molar-refractivity contribution in [3.8, 4) is 0 Å². The number of hydrogen-bond donors (Lipinski definition) is 1. The first-order valence-electron chi connectivity index (χ1n) is 6.10. The molecule has 1 N–H and O–H groups in total. The second-order valence-electron chi connectivity index (χ2n) is 4.35. The van der Waals surface area contributed by atoms with Crippen LogP contribution in [0.15, 0.2) is 28.9 Å². The third kappa shape index (κ3) is 3.16. The Kier molecular flexibility index (Phi) is 4.61. The number of halogens is 1. The number of rotatable bonds is 5. The quantitative estimate of drug-likeness (QED) is 0.859. The lowest BCUT2D eigenvalue weighted by molar-refractivity contribution is -0.141. The van der Waals surface area contributed by atoms with Gasteiger partial charge in [0.15, 0.2) is 0 Å². The molecule has 0 amide bonds. The van der Waals surface area contributed by atoms with Gasteiger partial charge in [0.1, 0.15) is 6.54 Å². The van der Waals surface area contributed by atoms with Gasteiger partial charge in [-0.3, -0.25) is 4.79 Å². The molecule has 0 spiro atoms. The van der Waals surface area contributed by atoms with Crippen LogP contribution >= 0.6 is 15.9 Å². The SMILES string of the molecule is COC(=O)Cn1cc(CCCO)c2ccc(Br)cc21. The number of fused-ring (bicyclic) bond motifs is 1. The van der Waals surface area contributed by atoms with Gasteiger partial charge in [0.2, 0.25) is 0 Å². The highest BCUT2D eigenvalue weighted by Crippen LogP contribution is 2.26. The predicted molar refractivity (Wildman–Crippen MR) is 77.1 cm³/mol. The average molecular weight is 326 g/mol. The molecule has 0 aliphatic rings. The Balaban J connectivity index is 2.43. The fourth-order valence-electron chi connectivity index (χ4n) is 2.14. The summed E-state index contributed by atoms with van der Waals surface area (Å²) >= 11 is 3.44. The van der Waals surface area contributed by atoms with Crippen molar-refractivity contribution >= 4 is 32.8 Å². The highest BCUT2D eigenvalue weighted by atomic mass is 79.9. The van der Waals surface area contributed by atoms with Crippen LogP contribution in [0.5, 0.6) is 0 Å². The number of ether oxygens (including phenoxy) is 1. The molecular weight excluding hydrogens is 310 g/mol. The van der Waals surface area contributed by atoms with Crippen LogP contribution in [-0.2, 0) is 22.5 Å². The second kappa shape index (κ2) is 6.21. The lowest BCUT2D eigenvalue weighted by atomic mass is 10.1. The zero-order chi connectivity index (χ0) is 13.8. The largest absolute Gasteiger partial charge is 0.468 e. The average Bonchev–Trinajstić information content (AvgIpc) is 2.73. The number of aromatic nitrogens is 1. The lowest BCUT2D eigenvalue weighted by Gasteiger charge is -2.03. The predicted octanol–water partition coefficient (Wildman–Crippen LogP) is 2.50. The molecule has 4 nitrogen and oxygen atoms in total. The van der Waals surface area contributed by atoms with Crippen LogP contribution in [0.3, 0.4) is 0 Å². The van der Waals surface area contributed by atoms with Crippen molar-refractivity contribution < 1.29 is 14.6 Å². The molecule has 0 fully saturated rings. The lowest BCUT2D eigenvalue weighted by Crippen LogP contribution is -2.10. The number of hydrogen-bond acceptors (Lipinski definition) is 3. The van der Waals surface area contributed by atoms with Gasteiger partial charge in [0.25, 0.3) is 0 Å². The molecule has 19 heavy (non-hydrogen) atoms. The van der Waals surface area contributed by atoms with Gasteiger partial charge in [-0.05, 0) is 30.5 Å². The van der Waals surface area contributed by atoms with E-state index >= 15 is 0 Å². The Labute approximate surface area is 120 Å². The van der Waals surface area contributed by atoms with E-state index in [1.54, 1.807) is 0 Å². The number of aliphatic hydroxyl groups is 1. The third-order valence-corrected chi connectivity index (χ3v) is 3.55. The van der Waals surface area contributed by atoms with Crippen LogP contribution in [0.25, 0.3) is 10.9 Å². The summed E-state index contributed by atoms with van der Waals surface area (Å²) < 4.78 is 7.57. The monoisotopic (exact) mass is 325 g/mol. The van der Waals surface area contributed by atoms with Crippen molar-refractivity contribution in [3.63, 3.8) is 0 Å². The summed E-state index contributed by atoms with van der Waals surface area (Å²) in [4.78, 5) is 11.4. The van der Waals surface area contributed by atoms with Gasteiger partial charge >= 0.3 is 5.97 Å². The van der Waals surface area contributed by atoms with E-state index in [9.17, 15) is 4.79 Å². The number of aliphatic hydroxyl groups excluding tert-OH is 1. The zero-order valence-electron chi connectivity index (χ0n) is 10.7. The molecule has 0 radical (unpaired) electrons. The number of carbonyl (C=O) groups is 1. The van der Waals surface area contributed by atoms with Crippen molar-refractivity contribution in [3.05, 3.63) is 34.4 Å². The van der Waals surface area contributed by atoms with Gasteiger partial charge in [-0.15, -0.1) is 0 Å². The number of carbonyl (C=O) groups excluding carboxylic acids is 1. The smallest absolute Gasteiger partial charge is 0.325 e. The van der Waals surface area contributed by atoms with Gasteiger partial charge in [-0.1, -0.05) is 22.0 Å². The first kappa shape index (κ1) is 14.1. The molecule has 0 unspecified atom stereocenters. The van der Waals surface area contributed by atoms with Crippen molar-refractivity contribution in [1.29, 1.82) is 0 Å². The molecule has 0 bridgehead atoms. The summed E-state index contributed by atoms with van der Waals surface area (Å²) in [7, 11) is 1.39. The van der Waals surface area contributed by atoms with Gasteiger partial charge in [-0.25, -0.2) is 0 Å². The molecule has 1 aromatic carbocycles. The van der Waals surface area contributed by atoms with E-state index in [0.717, 1.165) is 27.4 Å². The Morgan fingerprint density at radius 1 is 1.47 bits per heavy atom. The Morgan fingerprint density at radius 2 is 2.26 bits per heavy atom. The molecule has 0 aliphatic carbocycles. The maximum atomic E-state index is 11.4. The van der Waals surface area contributed by atoms with E-state index in [2.05, 4.69) is 15.9 Å². The molecule has 102 valence electrons. The van der Waals surface area contributed by atoms with Crippen LogP contribution < -0.4 is 0 Å². The van der Waals surface area contributed by atoms with Crippen molar-refractivity contribution in [2.45, 2.75) is 19.4 Å². The normalized spacial score (nSPS) is 10.9. The van der Waals surface area contributed by atoms with Gasteiger partial charge < -0.3 is 14.4 Å². The molecule has 2 rings (SSSR count). The summed E-state index contributed by atoms with van der Waals surface area (Å²) in [6.45, 7) is 0.364. The molecular formula is C14H16BrNO3. The van der Waals surface area contributed by atoms with Gasteiger partial charge in [-0.2, -0.15) is 0 Å². The summed E-state index contributed by atoms with van der Waals surface area (Å²) in [6.07, 6.45) is 3.47. The second-order valence-corrected chi connectivity index (χ2v) is 5.26. The van der Waals surface area contributed by atoms with Crippen LogP contribution in [0.4, 0.5) is 0 Å². The van der Waals surface area contributed by atoms with Crippen LogP contribution in [0.2, 0.25) is 0 Å². The first-order valence-corrected chi connectivity index (χ1v) is 6.90. The fraction of sp³-hybridized carbons (Fsp3) is 0.357. The zero-order valence-corrected chi connectivity index (χ0v) is 12.3. The van der Waals surface area contributed by atoms with Crippen molar-refractivity contribution in [2.24, 2.45) is 0 Å². The summed E-state index contributed by atoms with van der Waals surface area (Å²) in [5.41, 5.74) is 2.13. The number of methoxy groups -OCH3 is 1. The van der Waals surface area contributed by atoms with E-state index in [1.165, 1.54) is 7.11 Å². The Bertz CT molecular complexity index is 592. The van der Waals surface area contributed by atoms with Crippen LogP contribution in [0.1, 0.15) is 12.0 Å². The first-order chi connectivity index (χ1) is 9.15.